The standard InChI is InChI=1S/C14H28N2O2/c1-4-11-5-7-14(18,8-6-11)9-16-13(17)12(15)10(2)3/h10-12,18H,4-9,15H2,1-3H3,(H,16,17)/t11?,12-,14?/m0/s1. The summed E-state index contributed by atoms with van der Waals surface area (Å²) in [6, 6.07) is -0.486. The fourth-order valence-electron chi connectivity index (χ4n) is 2.47. The van der Waals surface area contributed by atoms with Gasteiger partial charge >= 0.3 is 0 Å². The monoisotopic (exact) mass is 256 g/mol. The third-order valence-electron chi connectivity index (χ3n) is 4.23. The molecular formula is C14H28N2O2. The van der Waals surface area contributed by atoms with Crippen molar-refractivity contribution in [3.05, 3.63) is 0 Å². The molecule has 1 saturated carbocycles. The van der Waals surface area contributed by atoms with E-state index in [0.717, 1.165) is 31.6 Å². The van der Waals surface area contributed by atoms with Gasteiger partial charge in [0.05, 0.1) is 11.6 Å². The maximum atomic E-state index is 11.7. The summed E-state index contributed by atoms with van der Waals surface area (Å²) >= 11 is 0. The van der Waals surface area contributed by atoms with Crippen LogP contribution in [-0.2, 0) is 4.79 Å². The fourth-order valence-corrected chi connectivity index (χ4v) is 2.47. The zero-order valence-corrected chi connectivity index (χ0v) is 11.9. The number of carbonyl (C=O) groups excluding carboxylic acids is 1. The number of nitrogens with one attached hydrogen (secondary N) is 1. The van der Waals surface area contributed by atoms with E-state index >= 15 is 0 Å². The minimum Gasteiger partial charge on any atom is -0.388 e. The van der Waals surface area contributed by atoms with E-state index in [-0.39, 0.29) is 11.8 Å². The second-order valence-electron chi connectivity index (χ2n) is 6.06. The number of rotatable bonds is 5. The molecule has 1 atom stereocenters. The number of amides is 1. The molecule has 4 nitrogen and oxygen atoms in total. The van der Waals surface area contributed by atoms with Crippen LogP contribution < -0.4 is 11.1 Å². The van der Waals surface area contributed by atoms with Crippen molar-refractivity contribution in [1.29, 1.82) is 0 Å². The Morgan fingerprint density at radius 2 is 2.00 bits per heavy atom. The summed E-state index contributed by atoms with van der Waals surface area (Å²) in [6.07, 6.45) is 4.85. The molecule has 0 aliphatic heterocycles. The number of aliphatic hydroxyl groups is 1. The van der Waals surface area contributed by atoms with Crippen LogP contribution in [0.25, 0.3) is 0 Å². The normalized spacial score (nSPS) is 30.2. The number of nitrogens with two attached hydrogens (primary N) is 1. The first-order chi connectivity index (χ1) is 8.38. The largest absolute Gasteiger partial charge is 0.388 e. The van der Waals surface area contributed by atoms with Crippen LogP contribution in [0.4, 0.5) is 0 Å². The lowest BCUT2D eigenvalue weighted by atomic mass is 9.78. The van der Waals surface area contributed by atoms with Crippen LogP contribution in [0.2, 0.25) is 0 Å². The van der Waals surface area contributed by atoms with Crippen LogP contribution in [0.3, 0.4) is 0 Å². The van der Waals surface area contributed by atoms with Crippen LogP contribution in [-0.4, -0.2) is 29.2 Å². The Labute approximate surface area is 110 Å². The van der Waals surface area contributed by atoms with Crippen molar-refractivity contribution in [2.75, 3.05) is 6.54 Å². The Kier molecular flexibility index (Phi) is 5.60. The van der Waals surface area contributed by atoms with Gasteiger partial charge in [-0.25, -0.2) is 0 Å². The van der Waals surface area contributed by atoms with Crippen LogP contribution in [0.5, 0.6) is 0 Å². The van der Waals surface area contributed by atoms with E-state index in [0.29, 0.717) is 6.54 Å². The number of carbonyl (C=O) groups is 1. The first kappa shape index (κ1) is 15.4. The van der Waals surface area contributed by atoms with Crippen LogP contribution in [0.15, 0.2) is 0 Å². The van der Waals surface area contributed by atoms with E-state index in [4.69, 9.17) is 5.73 Å². The molecule has 1 rings (SSSR count). The second kappa shape index (κ2) is 6.53. The molecule has 4 N–H and O–H groups in total. The van der Waals surface area contributed by atoms with Crippen molar-refractivity contribution in [3.63, 3.8) is 0 Å². The summed E-state index contributed by atoms with van der Waals surface area (Å²) in [5, 5.41) is 13.2. The molecule has 0 unspecified atom stereocenters. The average Bonchev–Trinajstić information content (AvgIpc) is 2.36. The van der Waals surface area contributed by atoms with Crippen molar-refractivity contribution in [3.8, 4) is 0 Å². The van der Waals surface area contributed by atoms with Crippen LogP contribution in [0.1, 0.15) is 52.9 Å². The Morgan fingerprint density at radius 3 is 2.44 bits per heavy atom. The maximum absolute atomic E-state index is 11.7. The topological polar surface area (TPSA) is 75.3 Å². The highest BCUT2D eigenvalue weighted by atomic mass is 16.3. The average molecular weight is 256 g/mol. The van der Waals surface area contributed by atoms with Crippen LogP contribution >= 0.6 is 0 Å². The van der Waals surface area contributed by atoms with Gasteiger partial charge in [-0.05, 0) is 37.5 Å². The molecule has 1 aliphatic rings. The molecule has 0 heterocycles. The van der Waals surface area contributed by atoms with Crippen molar-refractivity contribution >= 4 is 5.91 Å². The van der Waals surface area contributed by atoms with Gasteiger partial charge in [0.25, 0.3) is 0 Å². The van der Waals surface area contributed by atoms with Gasteiger partial charge in [0.1, 0.15) is 0 Å². The minimum atomic E-state index is -0.724. The summed E-state index contributed by atoms with van der Waals surface area (Å²) in [6.45, 7) is 6.37. The van der Waals surface area contributed by atoms with Gasteiger partial charge in [-0.2, -0.15) is 0 Å². The Bertz CT molecular complexity index is 271. The Balaban J connectivity index is 2.37. The van der Waals surface area contributed by atoms with E-state index in [1.165, 1.54) is 6.42 Å². The highest BCUT2D eigenvalue weighted by molar-refractivity contribution is 5.81. The smallest absolute Gasteiger partial charge is 0.237 e. The second-order valence-corrected chi connectivity index (χ2v) is 6.06. The molecule has 106 valence electrons. The van der Waals surface area contributed by atoms with Gasteiger partial charge in [-0.1, -0.05) is 27.2 Å². The third kappa shape index (κ3) is 4.25. The molecule has 0 aromatic carbocycles. The van der Waals surface area contributed by atoms with Gasteiger partial charge in [0.15, 0.2) is 0 Å². The predicted octanol–water partition coefficient (Wildman–Crippen LogP) is 1.42. The van der Waals surface area contributed by atoms with E-state index in [1.54, 1.807) is 0 Å². The fraction of sp³-hybridized carbons (Fsp3) is 0.929. The van der Waals surface area contributed by atoms with Crippen molar-refractivity contribution in [2.45, 2.75) is 64.5 Å². The molecule has 0 bridgehead atoms. The maximum Gasteiger partial charge on any atom is 0.237 e. The molecular weight excluding hydrogens is 228 g/mol. The molecule has 0 saturated heterocycles. The van der Waals surface area contributed by atoms with E-state index in [9.17, 15) is 9.90 Å². The Morgan fingerprint density at radius 1 is 1.44 bits per heavy atom. The van der Waals surface area contributed by atoms with Gasteiger partial charge < -0.3 is 16.2 Å². The highest BCUT2D eigenvalue weighted by Crippen LogP contribution is 2.33. The SMILES string of the molecule is CCC1CCC(O)(CNC(=O)[C@@H](N)C(C)C)CC1. The molecule has 18 heavy (non-hydrogen) atoms. The summed E-state index contributed by atoms with van der Waals surface area (Å²) < 4.78 is 0. The number of hydrogen-bond donors (Lipinski definition) is 3. The van der Waals surface area contributed by atoms with Gasteiger partial charge in [0, 0.05) is 6.54 Å². The molecule has 4 heteroatoms. The molecule has 1 fully saturated rings. The van der Waals surface area contributed by atoms with E-state index in [2.05, 4.69) is 12.2 Å². The molecule has 0 aromatic heterocycles. The zero-order valence-electron chi connectivity index (χ0n) is 11.9. The molecule has 0 spiro atoms. The molecule has 1 amide bonds. The van der Waals surface area contributed by atoms with Crippen molar-refractivity contribution < 1.29 is 9.90 Å². The predicted molar refractivity (Wildman–Crippen MR) is 73.0 cm³/mol. The molecule has 0 aromatic rings. The summed E-state index contributed by atoms with van der Waals surface area (Å²) in [4.78, 5) is 11.7. The summed E-state index contributed by atoms with van der Waals surface area (Å²) in [5.74, 6) is 0.699. The first-order valence-electron chi connectivity index (χ1n) is 7.13. The quantitative estimate of drug-likeness (QED) is 0.696. The Hall–Kier alpha value is -0.610. The molecule has 1 aliphatic carbocycles. The van der Waals surface area contributed by atoms with Gasteiger partial charge in [-0.3, -0.25) is 4.79 Å². The number of hydrogen-bond acceptors (Lipinski definition) is 3. The first-order valence-corrected chi connectivity index (χ1v) is 7.13. The van der Waals surface area contributed by atoms with Crippen molar-refractivity contribution in [2.24, 2.45) is 17.6 Å². The molecule has 0 radical (unpaired) electrons. The lowest BCUT2D eigenvalue weighted by Crippen LogP contribution is -2.50. The van der Waals surface area contributed by atoms with Gasteiger partial charge in [0.2, 0.25) is 5.91 Å². The highest BCUT2D eigenvalue weighted by Gasteiger charge is 2.33. The minimum absolute atomic E-state index is 0.121. The van der Waals surface area contributed by atoms with E-state index in [1.807, 2.05) is 13.8 Å². The lowest BCUT2D eigenvalue weighted by molar-refractivity contribution is -0.125. The third-order valence-corrected chi connectivity index (χ3v) is 4.23. The van der Waals surface area contributed by atoms with Gasteiger partial charge in [-0.15, -0.1) is 0 Å². The van der Waals surface area contributed by atoms with E-state index < -0.39 is 11.6 Å². The summed E-state index contributed by atoms with van der Waals surface area (Å²) in [7, 11) is 0. The van der Waals surface area contributed by atoms with Crippen molar-refractivity contribution in [1.82, 2.24) is 5.32 Å². The van der Waals surface area contributed by atoms with Crippen LogP contribution in [0, 0.1) is 11.8 Å². The zero-order chi connectivity index (χ0) is 13.8. The lowest BCUT2D eigenvalue weighted by Gasteiger charge is -2.36. The summed E-state index contributed by atoms with van der Waals surface area (Å²) in [5.41, 5.74) is 5.04.